The Morgan fingerprint density at radius 1 is 0.759 bits per heavy atom. The van der Waals surface area contributed by atoms with Gasteiger partial charge < -0.3 is 9.80 Å². The van der Waals surface area contributed by atoms with Crippen molar-refractivity contribution in [1.29, 1.82) is 0 Å². The molecule has 0 bridgehead atoms. The van der Waals surface area contributed by atoms with Crippen LogP contribution in [0.3, 0.4) is 0 Å². The summed E-state index contributed by atoms with van der Waals surface area (Å²) in [5, 5.41) is 0. The van der Waals surface area contributed by atoms with E-state index in [2.05, 4.69) is 0 Å². The average Bonchev–Trinajstić information content (AvgIpc) is 2.74. The van der Waals surface area contributed by atoms with E-state index >= 15 is 0 Å². The molecule has 3 aromatic carbocycles. The van der Waals surface area contributed by atoms with Crippen LogP contribution in [-0.2, 0) is 22.7 Å². The maximum absolute atomic E-state index is 13.2. The second kappa shape index (κ2) is 9.64. The summed E-state index contributed by atoms with van der Waals surface area (Å²) in [6.45, 7) is 2.02. The summed E-state index contributed by atoms with van der Waals surface area (Å²) in [6.07, 6.45) is 0. The Bertz CT molecular complexity index is 944. The van der Waals surface area contributed by atoms with E-state index < -0.39 is 0 Å². The molecule has 0 aliphatic heterocycles. The number of nitrogens with zero attached hydrogens (tertiary/aromatic N) is 2. The number of hydrogen-bond acceptors (Lipinski definition) is 2. The SMILES string of the molecule is CC(=O)N(CC(=O)N(Cc1ccccc1)c1ccccc1)Cc1ccc(F)cc1. The third-order valence-electron chi connectivity index (χ3n) is 4.61. The minimum Gasteiger partial charge on any atom is -0.329 e. The van der Waals surface area contributed by atoms with Gasteiger partial charge in [0.1, 0.15) is 12.4 Å². The summed E-state index contributed by atoms with van der Waals surface area (Å²) < 4.78 is 13.2. The molecule has 0 atom stereocenters. The van der Waals surface area contributed by atoms with Gasteiger partial charge in [-0.05, 0) is 35.4 Å². The molecule has 0 spiro atoms. The molecule has 2 amide bonds. The fourth-order valence-corrected chi connectivity index (χ4v) is 3.03. The molecule has 0 radical (unpaired) electrons. The molecule has 3 rings (SSSR count). The van der Waals surface area contributed by atoms with E-state index in [1.807, 2.05) is 60.7 Å². The van der Waals surface area contributed by atoms with Gasteiger partial charge in [-0.3, -0.25) is 9.59 Å². The van der Waals surface area contributed by atoms with Crippen LogP contribution in [0.2, 0.25) is 0 Å². The summed E-state index contributed by atoms with van der Waals surface area (Å²) in [6, 6.07) is 25.0. The molecule has 3 aromatic rings. The number of carbonyl (C=O) groups excluding carboxylic acids is 2. The van der Waals surface area contributed by atoms with Crippen LogP contribution in [0.25, 0.3) is 0 Å². The van der Waals surface area contributed by atoms with Crippen LogP contribution in [0.15, 0.2) is 84.9 Å². The lowest BCUT2D eigenvalue weighted by Gasteiger charge is -2.27. The molecule has 29 heavy (non-hydrogen) atoms. The van der Waals surface area contributed by atoms with E-state index in [-0.39, 0.29) is 30.7 Å². The molecule has 0 aliphatic rings. The van der Waals surface area contributed by atoms with E-state index in [0.717, 1.165) is 16.8 Å². The van der Waals surface area contributed by atoms with Crippen LogP contribution in [0.4, 0.5) is 10.1 Å². The highest BCUT2D eigenvalue weighted by Crippen LogP contribution is 2.18. The van der Waals surface area contributed by atoms with Gasteiger partial charge in [0.15, 0.2) is 0 Å². The standard InChI is InChI=1S/C24H23FN2O2/c1-19(28)26(16-21-12-14-22(25)15-13-21)18-24(29)27(23-10-6-3-7-11-23)17-20-8-4-2-5-9-20/h2-15H,16-18H2,1H3. The summed E-state index contributed by atoms with van der Waals surface area (Å²) in [7, 11) is 0. The van der Waals surface area contributed by atoms with Gasteiger partial charge in [0.25, 0.3) is 0 Å². The summed E-state index contributed by atoms with van der Waals surface area (Å²) in [4.78, 5) is 28.5. The number of anilines is 1. The maximum atomic E-state index is 13.2. The smallest absolute Gasteiger partial charge is 0.246 e. The van der Waals surface area contributed by atoms with Gasteiger partial charge in [0, 0.05) is 19.2 Å². The molecule has 4 nitrogen and oxygen atoms in total. The lowest BCUT2D eigenvalue weighted by atomic mass is 10.1. The molecule has 0 aliphatic carbocycles. The zero-order valence-corrected chi connectivity index (χ0v) is 16.3. The molecule has 0 saturated heterocycles. The number of para-hydroxylation sites is 1. The first-order valence-electron chi connectivity index (χ1n) is 9.42. The predicted molar refractivity (Wildman–Crippen MR) is 112 cm³/mol. The Labute approximate surface area is 170 Å². The fraction of sp³-hybridized carbons (Fsp3) is 0.167. The number of carbonyl (C=O) groups is 2. The van der Waals surface area contributed by atoms with Gasteiger partial charge in [0.2, 0.25) is 11.8 Å². The van der Waals surface area contributed by atoms with Crippen LogP contribution >= 0.6 is 0 Å². The van der Waals surface area contributed by atoms with Crippen LogP contribution < -0.4 is 4.90 Å². The van der Waals surface area contributed by atoms with Crippen LogP contribution in [0.5, 0.6) is 0 Å². The second-order valence-electron chi connectivity index (χ2n) is 6.80. The third kappa shape index (κ3) is 5.75. The van der Waals surface area contributed by atoms with Gasteiger partial charge in [-0.1, -0.05) is 60.7 Å². The summed E-state index contributed by atoms with van der Waals surface area (Å²) >= 11 is 0. The zero-order valence-electron chi connectivity index (χ0n) is 16.3. The van der Waals surface area contributed by atoms with Gasteiger partial charge >= 0.3 is 0 Å². The largest absolute Gasteiger partial charge is 0.329 e. The second-order valence-corrected chi connectivity index (χ2v) is 6.80. The van der Waals surface area contributed by atoms with E-state index in [9.17, 15) is 14.0 Å². The Kier molecular flexibility index (Phi) is 6.74. The molecular formula is C24H23FN2O2. The molecule has 0 fully saturated rings. The van der Waals surface area contributed by atoms with Crippen LogP contribution in [0, 0.1) is 5.82 Å². The van der Waals surface area contributed by atoms with Crippen molar-refractivity contribution in [3.05, 3.63) is 102 Å². The summed E-state index contributed by atoms with van der Waals surface area (Å²) in [5.41, 5.74) is 2.54. The number of halogens is 1. The fourth-order valence-electron chi connectivity index (χ4n) is 3.03. The van der Waals surface area contributed by atoms with Gasteiger partial charge in [-0.25, -0.2) is 4.39 Å². The highest BCUT2D eigenvalue weighted by atomic mass is 19.1. The van der Waals surface area contributed by atoms with Crippen LogP contribution in [0.1, 0.15) is 18.1 Å². The maximum Gasteiger partial charge on any atom is 0.246 e. The number of hydrogen-bond donors (Lipinski definition) is 0. The molecule has 0 N–H and O–H groups in total. The highest BCUT2D eigenvalue weighted by molar-refractivity contribution is 5.96. The number of rotatable bonds is 7. The Balaban J connectivity index is 1.79. The lowest BCUT2D eigenvalue weighted by Crippen LogP contribution is -2.41. The van der Waals surface area contributed by atoms with Crippen molar-refractivity contribution in [2.24, 2.45) is 0 Å². The Morgan fingerprint density at radius 3 is 1.90 bits per heavy atom. The van der Waals surface area contributed by atoms with Gasteiger partial charge in [0.05, 0.1) is 6.54 Å². The number of amides is 2. The first kappa shape index (κ1) is 20.3. The molecule has 0 heterocycles. The van der Waals surface area contributed by atoms with E-state index in [4.69, 9.17) is 0 Å². The first-order chi connectivity index (χ1) is 14.0. The molecule has 5 heteroatoms. The van der Waals surface area contributed by atoms with Gasteiger partial charge in [-0.15, -0.1) is 0 Å². The van der Waals surface area contributed by atoms with E-state index in [1.54, 1.807) is 17.0 Å². The van der Waals surface area contributed by atoms with E-state index in [0.29, 0.717) is 6.54 Å². The Morgan fingerprint density at radius 2 is 1.31 bits per heavy atom. The van der Waals surface area contributed by atoms with Gasteiger partial charge in [-0.2, -0.15) is 0 Å². The third-order valence-corrected chi connectivity index (χ3v) is 4.61. The zero-order chi connectivity index (χ0) is 20.6. The van der Waals surface area contributed by atoms with Crippen molar-refractivity contribution in [3.8, 4) is 0 Å². The van der Waals surface area contributed by atoms with Crippen molar-refractivity contribution in [2.75, 3.05) is 11.4 Å². The van der Waals surface area contributed by atoms with Crippen LogP contribution in [-0.4, -0.2) is 23.3 Å². The highest BCUT2D eigenvalue weighted by Gasteiger charge is 2.21. The van der Waals surface area contributed by atoms with Crippen molar-refractivity contribution >= 4 is 17.5 Å². The lowest BCUT2D eigenvalue weighted by molar-refractivity contribution is -0.134. The Hall–Kier alpha value is -3.47. The molecule has 0 unspecified atom stereocenters. The summed E-state index contributed by atoms with van der Waals surface area (Å²) in [5.74, 6) is -0.731. The molecule has 148 valence electrons. The minimum absolute atomic E-state index is 0.0611. The molecule has 0 saturated carbocycles. The van der Waals surface area contributed by atoms with Crippen molar-refractivity contribution in [3.63, 3.8) is 0 Å². The normalized spacial score (nSPS) is 10.4. The average molecular weight is 390 g/mol. The first-order valence-corrected chi connectivity index (χ1v) is 9.42. The molecule has 0 aromatic heterocycles. The molecular weight excluding hydrogens is 367 g/mol. The van der Waals surface area contributed by atoms with Crippen molar-refractivity contribution < 1.29 is 14.0 Å². The quantitative estimate of drug-likeness (QED) is 0.600. The minimum atomic E-state index is -0.336. The topological polar surface area (TPSA) is 40.6 Å². The van der Waals surface area contributed by atoms with Crippen molar-refractivity contribution in [1.82, 2.24) is 4.90 Å². The van der Waals surface area contributed by atoms with Crippen molar-refractivity contribution in [2.45, 2.75) is 20.0 Å². The predicted octanol–water partition coefficient (Wildman–Crippen LogP) is 4.41. The monoisotopic (exact) mass is 390 g/mol. The van der Waals surface area contributed by atoms with E-state index in [1.165, 1.54) is 24.0 Å². The number of benzene rings is 3.